The van der Waals surface area contributed by atoms with Gasteiger partial charge >= 0.3 is 0 Å². The molecule has 10 nitrogen and oxygen atoms in total. The molecule has 1 aromatic carbocycles. The molecule has 36 heavy (non-hydrogen) atoms. The normalized spacial score (nSPS) is 15.4. The van der Waals surface area contributed by atoms with E-state index in [-0.39, 0.29) is 24.1 Å². The van der Waals surface area contributed by atoms with E-state index in [2.05, 4.69) is 25.3 Å². The molecule has 1 aliphatic rings. The molecule has 3 aromatic heterocycles. The minimum absolute atomic E-state index is 0.0533. The molecule has 0 aliphatic carbocycles. The molecule has 4 aromatic rings. The lowest BCUT2D eigenvalue weighted by Gasteiger charge is -2.18. The van der Waals surface area contributed by atoms with Crippen LogP contribution in [0.2, 0.25) is 5.02 Å². The number of pyridine rings is 1. The summed E-state index contributed by atoms with van der Waals surface area (Å²) in [6.45, 7) is 2.74. The lowest BCUT2D eigenvalue weighted by atomic mass is 10.0. The lowest BCUT2D eigenvalue weighted by Crippen LogP contribution is -2.37. The number of aryl methyl sites for hydroxylation is 1. The fourth-order valence-electron chi connectivity index (χ4n) is 4.36. The van der Waals surface area contributed by atoms with E-state index in [1.807, 2.05) is 13.0 Å². The van der Waals surface area contributed by atoms with Crippen molar-refractivity contribution in [1.82, 2.24) is 29.4 Å². The number of hydrogen-bond acceptors (Lipinski definition) is 8. The number of hydrogen-bond donors (Lipinski definition) is 2. The predicted octanol–water partition coefficient (Wildman–Crippen LogP) is 2.48. The maximum atomic E-state index is 13.8. The van der Waals surface area contributed by atoms with Gasteiger partial charge in [-0.2, -0.15) is 4.98 Å². The summed E-state index contributed by atoms with van der Waals surface area (Å²) in [5.74, 6) is 0.160. The number of benzene rings is 1. The first kappa shape index (κ1) is 23.8. The summed E-state index contributed by atoms with van der Waals surface area (Å²) in [6.07, 6.45) is 5.69. The van der Waals surface area contributed by atoms with E-state index in [1.54, 1.807) is 48.7 Å². The number of aromatic nitrogens is 5. The number of carbonyl (C=O) groups is 1. The van der Waals surface area contributed by atoms with Crippen molar-refractivity contribution in [2.24, 2.45) is 5.73 Å². The Morgan fingerprint density at radius 3 is 2.72 bits per heavy atom. The molecule has 1 fully saturated rings. The Morgan fingerprint density at radius 1 is 1.19 bits per heavy atom. The third-order valence-electron chi connectivity index (χ3n) is 6.23. The summed E-state index contributed by atoms with van der Waals surface area (Å²) < 4.78 is 1.38. The number of fused-ring (bicyclic) bond motifs is 1. The summed E-state index contributed by atoms with van der Waals surface area (Å²) in [7, 11) is 1.69. The van der Waals surface area contributed by atoms with Gasteiger partial charge < -0.3 is 16.0 Å². The van der Waals surface area contributed by atoms with Crippen LogP contribution in [0.5, 0.6) is 0 Å². The first-order chi connectivity index (χ1) is 17.3. The quantitative estimate of drug-likeness (QED) is 0.423. The fraction of sp³-hybridized carbons (Fsp3) is 0.280. The Hall–Kier alpha value is -3.89. The second-order valence-corrected chi connectivity index (χ2v) is 9.21. The van der Waals surface area contributed by atoms with Crippen molar-refractivity contribution in [1.29, 1.82) is 0 Å². The molecule has 0 spiro atoms. The third-order valence-corrected chi connectivity index (χ3v) is 6.54. The average Bonchev–Trinajstić information content (AvgIpc) is 3.32. The van der Waals surface area contributed by atoms with E-state index in [0.717, 1.165) is 17.7 Å². The molecule has 3 N–H and O–H groups in total. The Balaban J connectivity index is 1.61. The van der Waals surface area contributed by atoms with Crippen molar-refractivity contribution in [2.75, 3.05) is 25.5 Å². The molecule has 0 bridgehead atoms. The number of carbonyl (C=O) groups excluding carboxylic acids is 1. The highest BCUT2D eigenvalue weighted by atomic mass is 35.5. The molecule has 0 radical (unpaired) electrons. The van der Waals surface area contributed by atoms with Crippen molar-refractivity contribution in [3.63, 3.8) is 0 Å². The topological polar surface area (TPSA) is 132 Å². The van der Waals surface area contributed by atoms with Crippen molar-refractivity contribution < 1.29 is 4.79 Å². The third kappa shape index (κ3) is 4.52. The predicted molar refractivity (Wildman–Crippen MR) is 139 cm³/mol. The molecule has 1 aliphatic heterocycles. The summed E-state index contributed by atoms with van der Waals surface area (Å²) in [6, 6.07) is 7.03. The van der Waals surface area contributed by atoms with Gasteiger partial charge in [0.15, 0.2) is 0 Å². The molecule has 0 saturated carbocycles. The van der Waals surface area contributed by atoms with Gasteiger partial charge in [-0.15, -0.1) is 0 Å². The largest absolute Gasteiger partial charge is 0.357 e. The number of halogens is 1. The first-order valence-corrected chi connectivity index (χ1v) is 11.9. The standard InChI is InChI=1S/C25H25ClN8O2/c1-14-9-29-11-21(31-14)15-3-4-18(20(26)8-15)19-7-16-10-30-25(28-2)32-23(16)34(24(19)36)13-22(35)33-6-5-17(27)12-33/h3-4,7-11,17H,5-6,12-13,27H2,1-2H3,(H,28,30,32)/t17-/m0/s1. The number of rotatable bonds is 5. The van der Waals surface area contributed by atoms with E-state index in [0.29, 0.717) is 51.9 Å². The van der Waals surface area contributed by atoms with Crippen LogP contribution in [0.4, 0.5) is 5.95 Å². The van der Waals surface area contributed by atoms with Crippen LogP contribution in [0, 0.1) is 6.92 Å². The number of nitrogens with two attached hydrogens (primary N) is 1. The molecule has 1 atom stereocenters. The number of nitrogens with one attached hydrogen (secondary N) is 1. The minimum atomic E-state index is -0.370. The maximum absolute atomic E-state index is 13.8. The van der Waals surface area contributed by atoms with Crippen molar-refractivity contribution >= 4 is 34.5 Å². The molecule has 5 rings (SSSR count). The summed E-state index contributed by atoms with van der Waals surface area (Å²) in [5.41, 5.74) is 9.11. The first-order valence-electron chi connectivity index (χ1n) is 11.5. The SMILES string of the molecule is CNc1ncc2cc(-c3ccc(-c4cncc(C)n4)cc3Cl)c(=O)n(CC(=O)N3CC[C@H](N)C3)c2n1. The Morgan fingerprint density at radius 2 is 2.03 bits per heavy atom. The zero-order chi connectivity index (χ0) is 25.4. The van der Waals surface area contributed by atoms with Crippen LogP contribution in [0.3, 0.4) is 0 Å². The molecule has 11 heteroatoms. The zero-order valence-corrected chi connectivity index (χ0v) is 20.7. The van der Waals surface area contributed by atoms with Gasteiger partial charge in [-0.05, 0) is 25.5 Å². The number of likely N-dealkylation sites (tertiary alicyclic amines) is 1. The van der Waals surface area contributed by atoms with Crippen LogP contribution >= 0.6 is 11.6 Å². The molecular formula is C25H25ClN8O2. The monoisotopic (exact) mass is 504 g/mol. The van der Waals surface area contributed by atoms with E-state index >= 15 is 0 Å². The Kier molecular flexibility index (Phi) is 6.38. The average molecular weight is 505 g/mol. The van der Waals surface area contributed by atoms with E-state index in [4.69, 9.17) is 17.3 Å². The fourth-order valence-corrected chi connectivity index (χ4v) is 4.65. The lowest BCUT2D eigenvalue weighted by molar-refractivity contribution is -0.130. The molecule has 0 unspecified atom stereocenters. The Bertz CT molecular complexity index is 1540. The van der Waals surface area contributed by atoms with Gasteiger partial charge in [0, 0.05) is 65.7 Å². The minimum Gasteiger partial charge on any atom is -0.357 e. The van der Waals surface area contributed by atoms with Gasteiger partial charge in [-0.1, -0.05) is 23.7 Å². The maximum Gasteiger partial charge on any atom is 0.260 e. The smallest absolute Gasteiger partial charge is 0.260 e. The zero-order valence-electron chi connectivity index (χ0n) is 19.9. The van der Waals surface area contributed by atoms with E-state index in [1.165, 1.54) is 4.57 Å². The summed E-state index contributed by atoms with van der Waals surface area (Å²) in [4.78, 5) is 45.9. The second-order valence-electron chi connectivity index (χ2n) is 8.80. The highest BCUT2D eigenvalue weighted by Gasteiger charge is 2.25. The number of nitrogens with zero attached hydrogens (tertiary/aromatic N) is 6. The van der Waals surface area contributed by atoms with E-state index in [9.17, 15) is 9.59 Å². The van der Waals surface area contributed by atoms with Crippen molar-refractivity contribution in [3.8, 4) is 22.4 Å². The van der Waals surface area contributed by atoms with Crippen molar-refractivity contribution in [3.05, 3.63) is 63.9 Å². The Labute approximate surface area is 212 Å². The number of amides is 1. The van der Waals surface area contributed by atoms with Crippen LogP contribution in [-0.4, -0.2) is 61.5 Å². The van der Waals surface area contributed by atoms with E-state index < -0.39 is 0 Å². The van der Waals surface area contributed by atoms with Crippen LogP contribution in [0.25, 0.3) is 33.4 Å². The number of anilines is 1. The van der Waals surface area contributed by atoms with Crippen LogP contribution in [0.1, 0.15) is 12.1 Å². The second kappa shape index (κ2) is 9.63. The van der Waals surface area contributed by atoms with Gasteiger partial charge in [0.05, 0.1) is 17.6 Å². The van der Waals surface area contributed by atoms with Gasteiger partial charge in [0.25, 0.3) is 5.56 Å². The van der Waals surface area contributed by atoms with Gasteiger partial charge in [-0.25, -0.2) is 9.97 Å². The molecule has 184 valence electrons. The van der Waals surface area contributed by atoms with Gasteiger partial charge in [-0.3, -0.25) is 19.1 Å². The van der Waals surface area contributed by atoms with Gasteiger partial charge in [0.1, 0.15) is 12.2 Å². The highest BCUT2D eigenvalue weighted by molar-refractivity contribution is 6.33. The molecule has 1 amide bonds. The highest BCUT2D eigenvalue weighted by Crippen LogP contribution is 2.31. The van der Waals surface area contributed by atoms with Crippen LogP contribution in [-0.2, 0) is 11.3 Å². The van der Waals surface area contributed by atoms with Crippen LogP contribution in [0.15, 0.2) is 47.7 Å². The van der Waals surface area contributed by atoms with Crippen molar-refractivity contribution in [2.45, 2.75) is 25.9 Å². The van der Waals surface area contributed by atoms with Crippen LogP contribution < -0.4 is 16.6 Å². The summed E-state index contributed by atoms with van der Waals surface area (Å²) >= 11 is 6.68. The molecule has 4 heterocycles. The summed E-state index contributed by atoms with van der Waals surface area (Å²) in [5, 5.41) is 3.87. The molecular weight excluding hydrogens is 480 g/mol. The van der Waals surface area contributed by atoms with Gasteiger partial charge in [0.2, 0.25) is 11.9 Å². The molecule has 1 saturated heterocycles.